The molecule has 0 radical (unpaired) electrons. The second-order valence-electron chi connectivity index (χ2n) is 4.94. The Kier molecular flexibility index (Phi) is 6.15. The topological polar surface area (TPSA) is 24.9 Å². The summed E-state index contributed by atoms with van der Waals surface area (Å²) >= 11 is 7.78. The van der Waals surface area contributed by atoms with E-state index in [4.69, 9.17) is 16.6 Å². The Labute approximate surface area is 134 Å². The highest BCUT2D eigenvalue weighted by atomic mass is 35.5. The Morgan fingerprint density at radius 3 is 2.76 bits per heavy atom. The maximum Gasteiger partial charge on any atom is 0.125 e. The van der Waals surface area contributed by atoms with Gasteiger partial charge < -0.3 is 5.32 Å². The van der Waals surface area contributed by atoms with Crippen LogP contribution in [0.25, 0.3) is 10.6 Å². The molecule has 1 aromatic carbocycles. The number of aryl methyl sites for hydroxylation is 1. The van der Waals surface area contributed by atoms with Crippen molar-refractivity contribution in [3.63, 3.8) is 0 Å². The van der Waals surface area contributed by atoms with Gasteiger partial charge in [-0.1, -0.05) is 31.9 Å². The largest absolute Gasteiger partial charge is 0.312 e. The molecule has 1 heterocycles. The van der Waals surface area contributed by atoms with Crippen molar-refractivity contribution in [1.29, 1.82) is 0 Å². The second-order valence-corrected chi connectivity index (χ2v) is 6.43. The van der Waals surface area contributed by atoms with E-state index in [2.05, 4.69) is 19.2 Å². The van der Waals surface area contributed by atoms with Crippen LogP contribution < -0.4 is 5.32 Å². The third kappa shape index (κ3) is 4.25. The summed E-state index contributed by atoms with van der Waals surface area (Å²) in [7, 11) is 0. The molecule has 1 aromatic heterocycles. The van der Waals surface area contributed by atoms with Gasteiger partial charge in [0.15, 0.2) is 0 Å². The molecule has 1 N–H and O–H groups in total. The van der Waals surface area contributed by atoms with Crippen LogP contribution in [0.5, 0.6) is 0 Å². The maximum absolute atomic E-state index is 13.2. The molecule has 0 aliphatic heterocycles. The maximum atomic E-state index is 13.2. The first-order valence-corrected chi connectivity index (χ1v) is 8.49. The summed E-state index contributed by atoms with van der Waals surface area (Å²) < 4.78 is 13.2. The minimum Gasteiger partial charge on any atom is -0.312 e. The number of aromatic nitrogens is 1. The number of benzene rings is 1. The normalized spacial score (nSPS) is 11.0. The summed E-state index contributed by atoms with van der Waals surface area (Å²) in [6, 6.07) is 4.47. The highest BCUT2D eigenvalue weighted by Gasteiger charge is 2.14. The Bertz CT molecular complexity index is 598. The molecule has 0 aliphatic carbocycles. The van der Waals surface area contributed by atoms with Crippen molar-refractivity contribution < 1.29 is 4.39 Å². The summed E-state index contributed by atoms with van der Waals surface area (Å²) in [5.41, 5.74) is 1.93. The lowest BCUT2D eigenvalue weighted by atomic mass is 10.2. The van der Waals surface area contributed by atoms with Crippen molar-refractivity contribution in [3.8, 4) is 10.6 Å². The van der Waals surface area contributed by atoms with Gasteiger partial charge in [-0.25, -0.2) is 9.37 Å². The molecule has 2 rings (SSSR count). The highest BCUT2D eigenvalue weighted by molar-refractivity contribution is 7.15. The van der Waals surface area contributed by atoms with E-state index in [0.29, 0.717) is 5.02 Å². The van der Waals surface area contributed by atoms with E-state index in [1.807, 2.05) is 0 Å². The van der Waals surface area contributed by atoms with Crippen molar-refractivity contribution >= 4 is 22.9 Å². The Balaban J connectivity index is 2.29. The van der Waals surface area contributed by atoms with Gasteiger partial charge in [-0.3, -0.25) is 0 Å². The van der Waals surface area contributed by atoms with Crippen LogP contribution in [0.4, 0.5) is 4.39 Å². The number of nitrogens with one attached hydrogen (secondary N) is 1. The van der Waals surface area contributed by atoms with E-state index in [1.54, 1.807) is 17.4 Å². The molecule has 0 bridgehead atoms. The lowest BCUT2D eigenvalue weighted by molar-refractivity contribution is 0.628. The van der Waals surface area contributed by atoms with Gasteiger partial charge in [0, 0.05) is 17.0 Å². The van der Waals surface area contributed by atoms with Crippen LogP contribution in [-0.2, 0) is 13.0 Å². The minimum absolute atomic E-state index is 0.320. The van der Waals surface area contributed by atoms with Crippen LogP contribution in [0.3, 0.4) is 0 Å². The van der Waals surface area contributed by atoms with Crippen molar-refractivity contribution in [2.24, 2.45) is 0 Å². The molecule has 21 heavy (non-hydrogen) atoms. The van der Waals surface area contributed by atoms with Crippen molar-refractivity contribution in [2.45, 2.75) is 39.7 Å². The van der Waals surface area contributed by atoms with Crippen LogP contribution in [-0.4, -0.2) is 11.5 Å². The monoisotopic (exact) mass is 326 g/mol. The van der Waals surface area contributed by atoms with Crippen molar-refractivity contribution in [3.05, 3.63) is 39.6 Å². The molecule has 2 nitrogen and oxygen atoms in total. The highest BCUT2D eigenvalue weighted by Crippen LogP contribution is 2.33. The number of halogens is 2. The SMILES string of the molecule is CCCNCc1sc(-c2ccc(F)cc2Cl)nc1CCC. The van der Waals surface area contributed by atoms with Gasteiger partial charge in [0.25, 0.3) is 0 Å². The number of thiazole rings is 1. The zero-order valence-electron chi connectivity index (χ0n) is 12.4. The van der Waals surface area contributed by atoms with Crippen molar-refractivity contribution in [2.75, 3.05) is 6.54 Å². The summed E-state index contributed by atoms with van der Waals surface area (Å²) in [5, 5.41) is 4.70. The van der Waals surface area contributed by atoms with Crippen LogP contribution in [0.15, 0.2) is 18.2 Å². The van der Waals surface area contributed by atoms with Crippen LogP contribution in [0.1, 0.15) is 37.3 Å². The van der Waals surface area contributed by atoms with Gasteiger partial charge in [0.2, 0.25) is 0 Å². The molecule has 0 amide bonds. The fraction of sp³-hybridized carbons (Fsp3) is 0.438. The summed E-state index contributed by atoms with van der Waals surface area (Å²) in [6.45, 7) is 6.12. The molecule has 0 atom stereocenters. The van der Waals surface area contributed by atoms with Gasteiger partial charge in [-0.05, 0) is 37.6 Å². The van der Waals surface area contributed by atoms with Gasteiger partial charge >= 0.3 is 0 Å². The molecule has 0 unspecified atom stereocenters. The fourth-order valence-electron chi connectivity index (χ4n) is 2.11. The van der Waals surface area contributed by atoms with E-state index < -0.39 is 0 Å². The molecule has 0 spiro atoms. The predicted molar refractivity (Wildman–Crippen MR) is 88.5 cm³/mol. The van der Waals surface area contributed by atoms with E-state index in [1.165, 1.54) is 17.0 Å². The molecule has 5 heteroatoms. The molecular formula is C16H20ClFN2S. The second kappa shape index (κ2) is 7.87. The molecule has 0 fully saturated rings. The number of rotatable bonds is 7. The number of nitrogens with zero attached hydrogens (tertiary/aromatic N) is 1. The molecule has 114 valence electrons. The lowest BCUT2D eigenvalue weighted by Gasteiger charge is -2.02. The molecular weight excluding hydrogens is 307 g/mol. The summed E-state index contributed by atoms with van der Waals surface area (Å²) in [6.07, 6.45) is 3.12. The minimum atomic E-state index is -0.320. The van der Waals surface area contributed by atoms with Gasteiger partial charge in [-0.2, -0.15) is 0 Å². The summed E-state index contributed by atoms with van der Waals surface area (Å²) in [5.74, 6) is -0.320. The average molecular weight is 327 g/mol. The van der Waals surface area contributed by atoms with Gasteiger partial charge in [-0.15, -0.1) is 11.3 Å². The Morgan fingerprint density at radius 2 is 2.10 bits per heavy atom. The van der Waals surface area contributed by atoms with E-state index >= 15 is 0 Å². The Morgan fingerprint density at radius 1 is 1.29 bits per heavy atom. The molecule has 0 saturated carbocycles. The van der Waals surface area contributed by atoms with E-state index in [0.717, 1.165) is 48.6 Å². The lowest BCUT2D eigenvalue weighted by Crippen LogP contribution is -2.13. The van der Waals surface area contributed by atoms with Crippen LogP contribution in [0, 0.1) is 5.82 Å². The Hall–Kier alpha value is -0.970. The smallest absolute Gasteiger partial charge is 0.125 e. The van der Waals surface area contributed by atoms with E-state index in [-0.39, 0.29) is 5.82 Å². The summed E-state index contributed by atoms with van der Waals surface area (Å²) in [4.78, 5) is 5.96. The van der Waals surface area contributed by atoms with Crippen LogP contribution >= 0.6 is 22.9 Å². The fourth-order valence-corrected chi connectivity index (χ4v) is 3.54. The standard InChI is InChI=1S/C16H20ClFN2S/c1-3-5-14-15(10-19-8-4-2)21-16(20-14)12-7-6-11(18)9-13(12)17/h6-7,9,19H,3-5,8,10H2,1-2H3. The molecule has 0 saturated heterocycles. The third-order valence-corrected chi connectivity index (χ3v) is 4.58. The quantitative estimate of drug-likeness (QED) is 0.720. The zero-order chi connectivity index (χ0) is 15.2. The molecule has 2 aromatic rings. The van der Waals surface area contributed by atoms with Crippen molar-refractivity contribution in [1.82, 2.24) is 10.3 Å². The average Bonchev–Trinajstić information content (AvgIpc) is 2.82. The first kappa shape index (κ1) is 16.4. The predicted octanol–water partition coefficient (Wildman–Crippen LogP) is 5.05. The number of hydrogen-bond acceptors (Lipinski definition) is 3. The zero-order valence-corrected chi connectivity index (χ0v) is 14.0. The first-order valence-electron chi connectivity index (χ1n) is 7.30. The van der Waals surface area contributed by atoms with E-state index in [9.17, 15) is 4.39 Å². The number of hydrogen-bond donors (Lipinski definition) is 1. The molecule has 0 aliphatic rings. The first-order chi connectivity index (χ1) is 10.2. The van der Waals surface area contributed by atoms with Gasteiger partial charge in [0.05, 0.1) is 10.7 Å². The third-order valence-electron chi connectivity index (χ3n) is 3.14. The van der Waals surface area contributed by atoms with Crippen LogP contribution in [0.2, 0.25) is 5.02 Å². The van der Waals surface area contributed by atoms with Gasteiger partial charge in [0.1, 0.15) is 10.8 Å².